The van der Waals surface area contributed by atoms with Gasteiger partial charge in [-0.05, 0) is 23.3 Å². The van der Waals surface area contributed by atoms with E-state index < -0.39 is 47.0 Å². The van der Waals surface area contributed by atoms with Gasteiger partial charge in [0, 0.05) is 11.8 Å². The Kier molecular flexibility index (Phi) is 6.55. The highest BCUT2D eigenvalue weighted by Gasteiger charge is 2.41. The molecule has 1 rings (SSSR count). The van der Waals surface area contributed by atoms with Crippen molar-refractivity contribution in [1.29, 1.82) is 5.41 Å². The lowest BCUT2D eigenvalue weighted by Crippen LogP contribution is -2.15. The van der Waals surface area contributed by atoms with Crippen molar-refractivity contribution in [2.24, 2.45) is 0 Å². The van der Waals surface area contributed by atoms with E-state index in [4.69, 9.17) is 10.5 Å². The minimum absolute atomic E-state index is 0.116. The van der Waals surface area contributed by atoms with Crippen LogP contribution in [0.5, 0.6) is 0 Å². The highest BCUT2D eigenvalue weighted by molar-refractivity contribution is 5.86. The second kappa shape index (κ2) is 8.03. The van der Waals surface area contributed by atoms with E-state index in [0.29, 0.717) is 24.4 Å². The first-order valence-electron chi connectivity index (χ1n) is 6.95. The summed E-state index contributed by atoms with van der Waals surface area (Å²) in [5.74, 6) is -1.31. The van der Waals surface area contributed by atoms with Crippen LogP contribution in [0.25, 0.3) is 5.57 Å². The molecule has 26 heavy (non-hydrogen) atoms. The molecular formula is C17H13F6NO2. The number of rotatable bonds is 6. The first kappa shape index (κ1) is 21.2. The Hall–Kier alpha value is -2.84. The Morgan fingerprint density at radius 3 is 1.92 bits per heavy atom. The Labute approximate surface area is 144 Å². The van der Waals surface area contributed by atoms with Crippen LogP contribution in [0.15, 0.2) is 48.6 Å². The fourth-order valence-corrected chi connectivity index (χ4v) is 2.12. The molecule has 0 fully saturated rings. The minimum Gasteiger partial charge on any atom is -0.481 e. The van der Waals surface area contributed by atoms with Crippen molar-refractivity contribution in [2.75, 3.05) is 0 Å². The summed E-state index contributed by atoms with van der Waals surface area (Å²) in [4.78, 5) is 10.6. The Balaban J connectivity index is 3.70. The van der Waals surface area contributed by atoms with E-state index in [9.17, 15) is 31.1 Å². The molecule has 9 heteroatoms. The van der Waals surface area contributed by atoms with Crippen molar-refractivity contribution < 1.29 is 36.2 Å². The fourth-order valence-electron chi connectivity index (χ4n) is 2.12. The maximum Gasteiger partial charge on any atom is 0.417 e. The second-order valence-corrected chi connectivity index (χ2v) is 5.01. The van der Waals surface area contributed by atoms with Crippen molar-refractivity contribution in [2.45, 2.75) is 18.8 Å². The smallest absolute Gasteiger partial charge is 0.417 e. The summed E-state index contributed by atoms with van der Waals surface area (Å²) in [7, 11) is 0. The molecule has 0 radical (unpaired) electrons. The quantitative estimate of drug-likeness (QED) is 0.399. The summed E-state index contributed by atoms with van der Waals surface area (Å²) < 4.78 is 79.2. The van der Waals surface area contributed by atoms with Gasteiger partial charge >= 0.3 is 18.3 Å². The van der Waals surface area contributed by atoms with E-state index in [0.717, 1.165) is 18.2 Å². The average Bonchev–Trinajstić information content (AvgIpc) is 2.51. The van der Waals surface area contributed by atoms with E-state index in [1.807, 2.05) is 0 Å². The van der Waals surface area contributed by atoms with Gasteiger partial charge in [-0.15, -0.1) is 0 Å². The van der Waals surface area contributed by atoms with Gasteiger partial charge in [0.2, 0.25) is 0 Å². The van der Waals surface area contributed by atoms with Gasteiger partial charge in [0.25, 0.3) is 0 Å². The summed E-state index contributed by atoms with van der Waals surface area (Å²) in [6.07, 6.45) is -7.43. The third kappa shape index (κ3) is 5.33. The molecule has 140 valence electrons. The molecule has 0 saturated heterocycles. The monoisotopic (exact) mass is 377 g/mol. The summed E-state index contributed by atoms with van der Waals surface area (Å²) >= 11 is 0. The molecule has 0 aliphatic carbocycles. The first-order valence-corrected chi connectivity index (χ1v) is 6.95. The van der Waals surface area contributed by atoms with Crippen molar-refractivity contribution in [1.82, 2.24) is 0 Å². The number of aliphatic carboxylic acids is 1. The van der Waals surface area contributed by atoms with Crippen LogP contribution in [0.3, 0.4) is 0 Å². The van der Waals surface area contributed by atoms with Gasteiger partial charge in [0.05, 0.1) is 17.5 Å². The highest BCUT2D eigenvalue weighted by Crippen LogP contribution is 2.42. The first-order chi connectivity index (χ1) is 11.9. The van der Waals surface area contributed by atoms with Gasteiger partial charge in [-0.25, -0.2) is 0 Å². The second-order valence-electron chi connectivity index (χ2n) is 5.01. The molecule has 0 aliphatic rings. The maximum absolute atomic E-state index is 13.2. The van der Waals surface area contributed by atoms with Crippen LogP contribution in [0, 0.1) is 5.41 Å². The van der Waals surface area contributed by atoms with Crippen molar-refractivity contribution in [3.8, 4) is 0 Å². The number of carboxylic acids is 1. The van der Waals surface area contributed by atoms with Crippen molar-refractivity contribution in [3.05, 3.63) is 65.3 Å². The van der Waals surface area contributed by atoms with Gasteiger partial charge < -0.3 is 10.5 Å². The lowest BCUT2D eigenvalue weighted by Gasteiger charge is -2.19. The topological polar surface area (TPSA) is 61.2 Å². The van der Waals surface area contributed by atoms with Crippen LogP contribution >= 0.6 is 0 Å². The number of hydrogen-bond donors (Lipinski definition) is 2. The van der Waals surface area contributed by atoms with Gasteiger partial charge in [-0.2, -0.15) is 26.3 Å². The lowest BCUT2D eigenvalue weighted by atomic mass is 9.92. The van der Waals surface area contributed by atoms with Gasteiger partial charge in [0.1, 0.15) is 0 Å². The van der Waals surface area contributed by atoms with E-state index in [-0.39, 0.29) is 5.57 Å². The molecule has 0 spiro atoms. The Morgan fingerprint density at radius 1 is 1.08 bits per heavy atom. The average molecular weight is 377 g/mol. The molecule has 3 nitrogen and oxygen atoms in total. The standard InChI is InChI=1S/C17H13F6NO2/c1-2-11(7-6-10(9-24)8-14(25)26)15-12(16(18,19)20)4-3-5-13(15)17(21,22)23/h2-7,9,24H,1,8H2,(H,25,26)/b10-6?,11-7+,24-9?. The van der Waals surface area contributed by atoms with E-state index in [1.54, 1.807) is 0 Å². The zero-order valence-electron chi connectivity index (χ0n) is 13.1. The molecule has 1 aromatic carbocycles. The molecule has 1 aromatic rings. The summed E-state index contributed by atoms with van der Waals surface area (Å²) in [6.45, 7) is 3.24. The van der Waals surface area contributed by atoms with Gasteiger partial charge in [-0.1, -0.05) is 30.9 Å². The van der Waals surface area contributed by atoms with Crippen LogP contribution in [-0.4, -0.2) is 17.3 Å². The van der Waals surface area contributed by atoms with Crippen molar-refractivity contribution >= 4 is 17.8 Å². The number of carboxylic acid groups (broad SMARTS) is 1. The largest absolute Gasteiger partial charge is 0.481 e. The third-order valence-corrected chi connectivity index (χ3v) is 3.20. The summed E-state index contributed by atoms with van der Waals surface area (Å²) in [5, 5.41) is 15.7. The van der Waals surface area contributed by atoms with E-state index >= 15 is 0 Å². The molecular weight excluding hydrogens is 364 g/mol. The zero-order chi connectivity index (χ0) is 20.1. The van der Waals surface area contributed by atoms with Gasteiger partial charge in [-0.3, -0.25) is 4.79 Å². The molecule has 0 heterocycles. The number of hydrogen-bond acceptors (Lipinski definition) is 2. The normalized spacial score (nSPS) is 13.5. The Morgan fingerprint density at radius 2 is 1.58 bits per heavy atom. The number of alkyl halides is 6. The number of benzene rings is 1. The number of halogens is 6. The molecule has 0 amide bonds. The summed E-state index contributed by atoms with van der Waals surface area (Å²) in [5.41, 5.74) is -4.73. The van der Waals surface area contributed by atoms with Crippen LogP contribution < -0.4 is 0 Å². The molecule has 0 saturated carbocycles. The molecule has 2 N–H and O–H groups in total. The summed E-state index contributed by atoms with van der Waals surface area (Å²) in [6, 6.07) is 1.68. The fraction of sp³-hybridized carbons (Fsp3) is 0.176. The predicted molar refractivity (Wildman–Crippen MR) is 83.7 cm³/mol. The van der Waals surface area contributed by atoms with Gasteiger partial charge in [0.15, 0.2) is 0 Å². The van der Waals surface area contributed by atoms with Crippen LogP contribution in [0.1, 0.15) is 23.1 Å². The van der Waals surface area contributed by atoms with Crippen LogP contribution in [-0.2, 0) is 17.1 Å². The minimum atomic E-state index is -5.05. The van der Waals surface area contributed by atoms with E-state index in [1.165, 1.54) is 0 Å². The molecule has 0 unspecified atom stereocenters. The molecule has 0 aromatic heterocycles. The zero-order valence-corrected chi connectivity index (χ0v) is 13.1. The van der Waals surface area contributed by atoms with Crippen LogP contribution in [0.4, 0.5) is 26.3 Å². The van der Waals surface area contributed by atoms with E-state index in [2.05, 4.69) is 6.58 Å². The maximum atomic E-state index is 13.2. The Bertz CT molecular complexity index is 740. The molecule has 0 aliphatic heterocycles. The lowest BCUT2D eigenvalue weighted by molar-refractivity contribution is -0.143. The number of allylic oxidation sites excluding steroid dienone is 4. The van der Waals surface area contributed by atoms with Crippen molar-refractivity contribution in [3.63, 3.8) is 0 Å². The number of nitrogens with one attached hydrogen (secondary N) is 1. The molecule has 0 bridgehead atoms. The predicted octanol–water partition coefficient (Wildman–Crippen LogP) is 5.34. The highest BCUT2D eigenvalue weighted by atomic mass is 19.4. The number of carbonyl (C=O) groups is 1. The molecule has 0 atom stereocenters. The SMILES string of the molecule is C=C/C(=C\C=C(C=N)CC(=O)O)c1c(C(F)(F)F)cccc1C(F)(F)F. The third-order valence-electron chi connectivity index (χ3n) is 3.20. The van der Waals surface area contributed by atoms with Crippen LogP contribution in [0.2, 0.25) is 0 Å².